The zero-order valence-electron chi connectivity index (χ0n) is 9.89. The highest BCUT2D eigenvalue weighted by Gasteiger charge is 2.17. The molecule has 94 valence electrons. The average molecular weight is 262 g/mol. The van der Waals surface area contributed by atoms with E-state index >= 15 is 0 Å². The number of nitrogens with one attached hydrogen (secondary N) is 1. The Balaban J connectivity index is 1.91. The van der Waals surface area contributed by atoms with Crippen LogP contribution in [0.25, 0.3) is 6.08 Å². The predicted octanol–water partition coefficient (Wildman–Crippen LogP) is 1.95. The van der Waals surface area contributed by atoms with Crippen LogP contribution in [0.3, 0.4) is 0 Å². The van der Waals surface area contributed by atoms with Crippen molar-refractivity contribution in [2.75, 3.05) is 13.2 Å². The van der Waals surface area contributed by atoms with Gasteiger partial charge in [-0.15, -0.1) is 0 Å². The zero-order chi connectivity index (χ0) is 12.8. The molecule has 4 nitrogen and oxygen atoms in total. The van der Waals surface area contributed by atoms with E-state index in [1.54, 1.807) is 6.08 Å². The Morgan fingerprint density at radius 1 is 1.72 bits per heavy atom. The summed E-state index contributed by atoms with van der Waals surface area (Å²) in [4.78, 5) is 11.8. The van der Waals surface area contributed by atoms with Gasteiger partial charge in [-0.05, 0) is 41.3 Å². The summed E-state index contributed by atoms with van der Waals surface area (Å²) in [6.07, 6.45) is 3.70. The van der Waals surface area contributed by atoms with Crippen LogP contribution >= 0.6 is 11.3 Å². The fourth-order valence-electron chi connectivity index (χ4n) is 1.78. The molecule has 1 aromatic heterocycles. The summed E-state index contributed by atoms with van der Waals surface area (Å²) in [7, 11) is 0. The van der Waals surface area contributed by atoms with Crippen molar-refractivity contribution in [2.24, 2.45) is 0 Å². The van der Waals surface area contributed by atoms with Gasteiger partial charge in [0.1, 0.15) is 11.6 Å². The molecule has 0 aromatic carbocycles. The summed E-state index contributed by atoms with van der Waals surface area (Å²) < 4.78 is 5.41. The van der Waals surface area contributed by atoms with Gasteiger partial charge in [0.2, 0.25) is 0 Å². The van der Waals surface area contributed by atoms with Crippen molar-refractivity contribution in [3.63, 3.8) is 0 Å². The van der Waals surface area contributed by atoms with Crippen molar-refractivity contribution in [3.05, 3.63) is 28.0 Å². The maximum Gasteiger partial charge on any atom is 0.262 e. The lowest BCUT2D eigenvalue weighted by Gasteiger charge is -2.09. The van der Waals surface area contributed by atoms with Crippen LogP contribution in [0.2, 0.25) is 0 Å². The first kappa shape index (κ1) is 12.8. The Morgan fingerprint density at radius 3 is 3.22 bits per heavy atom. The highest BCUT2D eigenvalue weighted by atomic mass is 32.1. The number of amides is 1. The maximum absolute atomic E-state index is 11.8. The number of hydrogen-bond donors (Lipinski definition) is 1. The lowest BCUT2D eigenvalue weighted by atomic mass is 10.2. The molecule has 1 aliphatic heterocycles. The highest BCUT2D eigenvalue weighted by Crippen LogP contribution is 2.12. The van der Waals surface area contributed by atoms with E-state index in [0.717, 1.165) is 25.0 Å². The van der Waals surface area contributed by atoms with Crippen molar-refractivity contribution in [2.45, 2.75) is 18.9 Å². The lowest BCUT2D eigenvalue weighted by Crippen LogP contribution is -2.32. The van der Waals surface area contributed by atoms with Gasteiger partial charge in [0, 0.05) is 13.2 Å². The minimum absolute atomic E-state index is 0.0926. The van der Waals surface area contributed by atoms with Gasteiger partial charge < -0.3 is 10.1 Å². The van der Waals surface area contributed by atoms with Gasteiger partial charge in [0.15, 0.2) is 0 Å². The number of rotatable bonds is 4. The van der Waals surface area contributed by atoms with E-state index in [2.05, 4.69) is 5.32 Å². The summed E-state index contributed by atoms with van der Waals surface area (Å²) in [5.74, 6) is -0.334. The molecule has 1 N–H and O–H groups in total. The summed E-state index contributed by atoms with van der Waals surface area (Å²) in [5, 5.41) is 15.5. The molecule has 1 aliphatic rings. The second-order valence-electron chi connectivity index (χ2n) is 4.07. The third-order valence-corrected chi connectivity index (χ3v) is 3.44. The molecule has 0 bridgehead atoms. The maximum atomic E-state index is 11.8. The highest BCUT2D eigenvalue weighted by molar-refractivity contribution is 7.08. The van der Waals surface area contributed by atoms with Crippen molar-refractivity contribution in [1.82, 2.24) is 5.32 Å². The average Bonchev–Trinajstić information content (AvgIpc) is 3.06. The first-order valence-electron chi connectivity index (χ1n) is 5.83. The normalized spacial score (nSPS) is 19.5. The molecule has 1 fully saturated rings. The molecule has 18 heavy (non-hydrogen) atoms. The van der Waals surface area contributed by atoms with E-state index in [1.165, 1.54) is 11.3 Å². The summed E-state index contributed by atoms with van der Waals surface area (Å²) in [6.45, 7) is 1.23. The molecule has 0 spiro atoms. The molecule has 5 heteroatoms. The van der Waals surface area contributed by atoms with E-state index in [9.17, 15) is 4.79 Å². The molecule has 0 radical (unpaired) electrons. The standard InChI is InChI=1S/C13H14N2O2S/c14-7-11(6-10-3-5-18-9-10)13(16)15-8-12-2-1-4-17-12/h3,5-6,9,12H,1-2,4,8H2,(H,15,16)/b11-6+/t12-/m0/s1. The fraction of sp³-hybridized carbons (Fsp3) is 0.385. The molecule has 1 amide bonds. The molecular weight excluding hydrogens is 248 g/mol. The fourth-order valence-corrected chi connectivity index (χ4v) is 2.40. The van der Waals surface area contributed by atoms with Crippen molar-refractivity contribution in [3.8, 4) is 6.07 Å². The molecule has 2 heterocycles. The van der Waals surface area contributed by atoms with Crippen LogP contribution in [0.4, 0.5) is 0 Å². The van der Waals surface area contributed by atoms with Crippen LogP contribution in [0, 0.1) is 11.3 Å². The zero-order valence-corrected chi connectivity index (χ0v) is 10.7. The minimum Gasteiger partial charge on any atom is -0.376 e. The summed E-state index contributed by atoms with van der Waals surface area (Å²) >= 11 is 1.53. The topological polar surface area (TPSA) is 62.1 Å². The largest absolute Gasteiger partial charge is 0.376 e. The van der Waals surface area contributed by atoms with E-state index < -0.39 is 0 Å². The third kappa shape index (κ3) is 3.42. The molecule has 0 saturated carbocycles. The van der Waals surface area contributed by atoms with Crippen molar-refractivity contribution in [1.29, 1.82) is 5.26 Å². The third-order valence-electron chi connectivity index (χ3n) is 2.73. The second-order valence-corrected chi connectivity index (χ2v) is 4.85. The number of hydrogen-bond acceptors (Lipinski definition) is 4. The lowest BCUT2D eigenvalue weighted by molar-refractivity contribution is -0.117. The van der Waals surface area contributed by atoms with Gasteiger partial charge in [0.25, 0.3) is 5.91 Å². The monoisotopic (exact) mass is 262 g/mol. The van der Waals surface area contributed by atoms with Crippen LogP contribution in [-0.4, -0.2) is 25.2 Å². The molecule has 2 rings (SSSR count). The molecule has 0 unspecified atom stereocenters. The summed E-state index contributed by atoms with van der Waals surface area (Å²) in [6, 6.07) is 3.80. The quantitative estimate of drug-likeness (QED) is 0.666. The van der Waals surface area contributed by atoms with Gasteiger partial charge in [0.05, 0.1) is 6.10 Å². The van der Waals surface area contributed by atoms with Crippen molar-refractivity contribution < 1.29 is 9.53 Å². The number of thiophene rings is 1. The Kier molecular flexibility index (Phi) is 4.51. The SMILES string of the molecule is N#C/C(=C\c1ccsc1)C(=O)NC[C@@H]1CCCO1. The van der Waals surface area contributed by atoms with E-state index in [-0.39, 0.29) is 17.6 Å². The Labute approximate surface area is 110 Å². The number of nitrogens with zero attached hydrogens (tertiary/aromatic N) is 1. The smallest absolute Gasteiger partial charge is 0.262 e. The van der Waals surface area contributed by atoms with Gasteiger partial charge >= 0.3 is 0 Å². The predicted molar refractivity (Wildman–Crippen MR) is 69.9 cm³/mol. The first-order chi connectivity index (χ1) is 8.79. The second kappa shape index (κ2) is 6.34. The van der Waals surface area contributed by atoms with Gasteiger partial charge in [-0.2, -0.15) is 16.6 Å². The van der Waals surface area contributed by atoms with E-state index in [4.69, 9.17) is 10.00 Å². The molecule has 0 aliphatic carbocycles. The van der Waals surface area contributed by atoms with Crippen LogP contribution < -0.4 is 5.32 Å². The summed E-state index contributed by atoms with van der Waals surface area (Å²) in [5.41, 5.74) is 1.01. The van der Waals surface area contributed by atoms with Crippen LogP contribution in [0.15, 0.2) is 22.4 Å². The first-order valence-corrected chi connectivity index (χ1v) is 6.77. The van der Waals surface area contributed by atoms with Gasteiger partial charge in [-0.3, -0.25) is 4.79 Å². The molecular formula is C13H14N2O2S. The van der Waals surface area contributed by atoms with E-state index in [1.807, 2.05) is 22.9 Å². The number of carbonyl (C=O) groups excluding carboxylic acids is 1. The Morgan fingerprint density at radius 2 is 2.61 bits per heavy atom. The van der Waals surface area contributed by atoms with Crippen LogP contribution in [0.1, 0.15) is 18.4 Å². The Hall–Kier alpha value is -1.64. The molecule has 1 atom stereocenters. The van der Waals surface area contributed by atoms with Gasteiger partial charge in [-0.25, -0.2) is 0 Å². The molecule has 1 aromatic rings. The van der Waals surface area contributed by atoms with Gasteiger partial charge in [-0.1, -0.05) is 0 Å². The molecule has 1 saturated heterocycles. The number of nitriles is 1. The number of carbonyl (C=O) groups is 1. The Bertz CT molecular complexity index is 468. The van der Waals surface area contributed by atoms with E-state index in [0.29, 0.717) is 6.54 Å². The van der Waals surface area contributed by atoms with Crippen LogP contribution in [0.5, 0.6) is 0 Å². The minimum atomic E-state index is -0.334. The van der Waals surface area contributed by atoms with Crippen LogP contribution in [-0.2, 0) is 9.53 Å². The van der Waals surface area contributed by atoms with Crippen molar-refractivity contribution >= 4 is 23.3 Å². The number of ether oxygens (including phenoxy) is 1.